The second-order valence-electron chi connectivity index (χ2n) is 5.23. The molecule has 0 saturated carbocycles. The number of carbonyl (C=O) groups excluding carboxylic acids is 1. The Morgan fingerprint density at radius 2 is 1.71 bits per heavy atom. The average Bonchev–Trinajstić information content (AvgIpc) is 2.59. The van der Waals surface area contributed by atoms with Gasteiger partial charge in [-0.25, -0.2) is 13.6 Å². The third-order valence-corrected chi connectivity index (χ3v) is 4.43. The molecule has 0 bridgehead atoms. The predicted molar refractivity (Wildman–Crippen MR) is 86.4 cm³/mol. The Labute approximate surface area is 139 Å². The first-order valence-electron chi connectivity index (χ1n) is 7.23. The van der Waals surface area contributed by atoms with Crippen LogP contribution in [-0.4, -0.2) is 27.5 Å². The van der Waals surface area contributed by atoms with Crippen molar-refractivity contribution in [3.05, 3.63) is 53.6 Å². The molecule has 7 nitrogen and oxygen atoms in total. The molecule has 1 amide bonds. The molecular formula is C16H16N2O5S. The van der Waals surface area contributed by atoms with E-state index >= 15 is 0 Å². The molecule has 1 aliphatic rings. The third kappa shape index (κ3) is 3.66. The molecule has 3 rings (SSSR count). The highest BCUT2D eigenvalue weighted by Crippen LogP contribution is 2.30. The molecule has 2 aromatic carbocycles. The number of hydrogen-bond acceptors (Lipinski definition) is 5. The smallest absolute Gasteiger partial charge is 0.251 e. The summed E-state index contributed by atoms with van der Waals surface area (Å²) in [5, 5.41) is 7.79. The van der Waals surface area contributed by atoms with E-state index in [-0.39, 0.29) is 10.8 Å². The quantitative estimate of drug-likeness (QED) is 0.858. The van der Waals surface area contributed by atoms with Crippen molar-refractivity contribution in [1.82, 2.24) is 5.32 Å². The van der Waals surface area contributed by atoms with E-state index in [0.29, 0.717) is 36.8 Å². The van der Waals surface area contributed by atoms with E-state index in [1.54, 1.807) is 6.07 Å². The molecule has 0 aliphatic carbocycles. The number of primary sulfonamides is 1. The van der Waals surface area contributed by atoms with E-state index in [4.69, 9.17) is 14.6 Å². The van der Waals surface area contributed by atoms with Gasteiger partial charge in [0.25, 0.3) is 5.91 Å². The second kappa shape index (κ2) is 6.50. The Hall–Kier alpha value is -2.58. The van der Waals surface area contributed by atoms with Gasteiger partial charge in [-0.15, -0.1) is 0 Å². The van der Waals surface area contributed by atoms with Crippen LogP contribution in [0, 0.1) is 0 Å². The van der Waals surface area contributed by atoms with Gasteiger partial charge in [-0.3, -0.25) is 4.79 Å². The number of benzene rings is 2. The van der Waals surface area contributed by atoms with Gasteiger partial charge < -0.3 is 14.8 Å². The number of rotatable bonds is 4. The molecular weight excluding hydrogens is 332 g/mol. The highest BCUT2D eigenvalue weighted by atomic mass is 32.2. The highest BCUT2D eigenvalue weighted by molar-refractivity contribution is 7.89. The largest absolute Gasteiger partial charge is 0.486 e. The van der Waals surface area contributed by atoms with Crippen LogP contribution < -0.4 is 19.9 Å². The van der Waals surface area contributed by atoms with Crippen molar-refractivity contribution in [1.29, 1.82) is 0 Å². The van der Waals surface area contributed by atoms with Crippen molar-refractivity contribution in [3.8, 4) is 11.5 Å². The van der Waals surface area contributed by atoms with Crippen LogP contribution in [0.2, 0.25) is 0 Å². The van der Waals surface area contributed by atoms with Crippen LogP contribution in [0.3, 0.4) is 0 Å². The minimum absolute atomic E-state index is 0.0362. The van der Waals surface area contributed by atoms with Gasteiger partial charge in [-0.05, 0) is 42.0 Å². The van der Waals surface area contributed by atoms with Crippen molar-refractivity contribution in [3.63, 3.8) is 0 Å². The Kier molecular flexibility index (Phi) is 4.41. The number of nitrogens with two attached hydrogens (primary N) is 1. The van der Waals surface area contributed by atoms with Crippen LogP contribution in [0.15, 0.2) is 47.4 Å². The summed E-state index contributed by atoms with van der Waals surface area (Å²) >= 11 is 0. The van der Waals surface area contributed by atoms with E-state index in [0.717, 1.165) is 5.56 Å². The lowest BCUT2D eigenvalue weighted by molar-refractivity contribution is 0.0950. The maximum absolute atomic E-state index is 12.1. The summed E-state index contributed by atoms with van der Waals surface area (Å²) in [4.78, 5) is 12.1. The number of amides is 1. The summed E-state index contributed by atoms with van der Waals surface area (Å²) in [6.07, 6.45) is 0. The number of nitrogens with one attached hydrogen (secondary N) is 1. The van der Waals surface area contributed by atoms with Gasteiger partial charge in [0.05, 0.1) is 4.90 Å². The molecule has 0 spiro atoms. The molecule has 1 heterocycles. The van der Waals surface area contributed by atoms with Gasteiger partial charge in [0.1, 0.15) is 13.2 Å². The van der Waals surface area contributed by atoms with E-state index in [2.05, 4.69) is 5.32 Å². The Balaban J connectivity index is 1.65. The molecule has 2 aromatic rings. The summed E-state index contributed by atoms with van der Waals surface area (Å²) in [6, 6.07) is 10.9. The average molecular weight is 348 g/mol. The Morgan fingerprint density at radius 1 is 1.04 bits per heavy atom. The summed E-state index contributed by atoms with van der Waals surface area (Å²) in [7, 11) is -3.77. The molecule has 0 atom stereocenters. The van der Waals surface area contributed by atoms with Gasteiger partial charge in [0.15, 0.2) is 11.5 Å². The monoisotopic (exact) mass is 348 g/mol. The van der Waals surface area contributed by atoms with Crippen LogP contribution in [0.1, 0.15) is 15.9 Å². The second-order valence-corrected chi connectivity index (χ2v) is 6.79. The lowest BCUT2D eigenvalue weighted by atomic mass is 10.1. The van der Waals surface area contributed by atoms with Gasteiger partial charge >= 0.3 is 0 Å². The van der Waals surface area contributed by atoms with Crippen LogP contribution >= 0.6 is 0 Å². The normalized spacial score (nSPS) is 13.4. The molecule has 0 unspecified atom stereocenters. The van der Waals surface area contributed by atoms with Gasteiger partial charge in [-0.1, -0.05) is 6.07 Å². The number of sulfonamides is 1. The van der Waals surface area contributed by atoms with E-state index in [9.17, 15) is 13.2 Å². The summed E-state index contributed by atoms with van der Waals surface area (Å²) < 4.78 is 33.3. The van der Waals surface area contributed by atoms with E-state index < -0.39 is 10.0 Å². The maximum atomic E-state index is 12.1. The zero-order valence-electron chi connectivity index (χ0n) is 12.7. The third-order valence-electron chi connectivity index (χ3n) is 3.50. The standard InChI is InChI=1S/C16H16N2O5S/c17-24(20,21)13-4-2-12(3-5-13)16(19)18-10-11-1-6-14-15(9-11)23-8-7-22-14/h1-6,9H,7-8,10H2,(H,18,19)(H2,17,20,21). The van der Waals surface area contributed by atoms with Gasteiger partial charge in [0.2, 0.25) is 10.0 Å². The van der Waals surface area contributed by atoms with Crippen LogP contribution in [0.4, 0.5) is 0 Å². The van der Waals surface area contributed by atoms with Crippen molar-refractivity contribution < 1.29 is 22.7 Å². The summed E-state index contributed by atoms with van der Waals surface area (Å²) in [5.41, 5.74) is 1.22. The summed E-state index contributed by atoms with van der Waals surface area (Å²) in [6.45, 7) is 1.34. The lowest BCUT2D eigenvalue weighted by Gasteiger charge is -2.19. The lowest BCUT2D eigenvalue weighted by Crippen LogP contribution is -2.23. The zero-order valence-corrected chi connectivity index (χ0v) is 13.5. The maximum Gasteiger partial charge on any atom is 0.251 e. The predicted octanol–water partition coefficient (Wildman–Crippen LogP) is 1.04. The summed E-state index contributed by atoms with van der Waals surface area (Å²) in [5.74, 6) is 1.03. The number of carbonyl (C=O) groups is 1. The van der Waals surface area contributed by atoms with Crippen molar-refractivity contribution >= 4 is 15.9 Å². The van der Waals surface area contributed by atoms with Gasteiger partial charge in [-0.2, -0.15) is 0 Å². The van der Waals surface area contributed by atoms with Crippen molar-refractivity contribution in [2.75, 3.05) is 13.2 Å². The van der Waals surface area contributed by atoms with Crippen molar-refractivity contribution in [2.24, 2.45) is 5.14 Å². The SMILES string of the molecule is NS(=O)(=O)c1ccc(C(=O)NCc2ccc3c(c2)OCCO3)cc1. The molecule has 24 heavy (non-hydrogen) atoms. The first-order valence-corrected chi connectivity index (χ1v) is 8.78. The van der Waals surface area contributed by atoms with Crippen molar-refractivity contribution in [2.45, 2.75) is 11.4 Å². The van der Waals surface area contributed by atoms with Crippen LogP contribution in [-0.2, 0) is 16.6 Å². The minimum atomic E-state index is -3.77. The Bertz CT molecular complexity index is 863. The highest BCUT2D eigenvalue weighted by Gasteiger charge is 2.13. The molecule has 3 N–H and O–H groups in total. The molecule has 0 radical (unpaired) electrons. The number of hydrogen-bond donors (Lipinski definition) is 2. The van der Waals surface area contributed by atoms with E-state index in [1.165, 1.54) is 24.3 Å². The van der Waals surface area contributed by atoms with E-state index in [1.807, 2.05) is 12.1 Å². The molecule has 126 valence electrons. The molecule has 8 heteroatoms. The van der Waals surface area contributed by atoms with Crippen LogP contribution in [0.25, 0.3) is 0 Å². The van der Waals surface area contributed by atoms with Crippen LogP contribution in [0.5, 0.6) is 11.5 Å². The molecule has 0 fully saturated rings. The fourth-order valence-corrected chi connectivity index (χ4v) is 2.79. The topological polar surface area (TPSA) is 108 Å². The molecule has 0 saturated heterocycles. The fourth-order valence-electron chi connectivity index (χ4n) is 2.28. The minimum Gasteiger partial charge on any atom is -0.486 e. The fraction of sp³-hybridized carbons (Fsp3) is 0.188. The molecule has 0 aromatic heterocycles. The molecule has 1 aliphatic heterocycles. The first-order chi connectivity index (χ1) is 11.4. The zero-order chi connectivity index (χ0) is 17.2. The number of fused-ring (bicyclic) bond motifs is 1. The first kappa shape index (κ1) is 16.3. The Morgan fingerprint density at radius 3 is 2.38 bits per heavy atom. The van der Waals surface area contributed by atoms with Gasteiger partial charge in [0, 0.05) is 12.1 Å². The number of ether oxygens (including phenoxy) is 2.